The van der Waals surface area contributed by atoms with Crippen LogP contribution in [0.2, 0.25) is 0 Å². The maximum atomic E-state index is 11.5. The molecule has 0 aromatic rings. The number of hydrogen-bond donors (Lipinski definition) is 1. The van der Waals surface area contributed by atoms with Gasteiger partial charge < -0.3 is 10.1 Å². The summed E-state index contributed by atoms with van der Waals surface area (Å²) in [6.45, 7) is 8.97. The Kier molecular flexibility index (Phi) is 7.99. The summed E-state index contributed by atoms with van der Waals surface area (Å²) in [5, 5.41) is 2.75. The van der Waals surface area contributed by atoms with Crippen LogP contribution in [0.25, 0.3) is 0 Å². The molecule has 0 heterocycles. The lowest BCUT2D eigenvalue weighted by Gasteiger charge is -2.29. The van der Waals surface area contributed by atoms with Gasteiger partial charge in [0.2, 0.25) is 0 Å². The zero-order valence-corrected chi connectivity index (χ0v) is 11.2. The van der Waals surface area contributed by atoms with Gasteiger partial charge in [0.05, 0.1) is 0 Å². The van der Waals surface area contributed by atoms with Crippen molar-refractivity contribution in [2.75, 3.05) is 13.6 Å². The molecule has 0 aliphatic rings. The monoisotopic (exact) mass is 230 g/mol. The Balaban J connectivity index is 3.97. The number of unbranched alkanes of at least 4 members (excludes halogenated alkanes) is 1. The zero-order valence-electron chi connectivity index (χ0n) is 11.2. The molecule has 0 rings (SSSR count). The van der Waals surface area contributed by atoms with Crippen LogP contribution >= 0.6 is 0 Å². The Morgan fingerprint density at radius 2 is 2.00 bits per heavy atom. The van der Waals surface area contributed by atoms with E-state index in [4.69, 9.17) is 4.74 Å². The van der Waals surface area contributed by atoms with Gasteiger partial charge in [-0.15, -0.1) is 0 Å². The van der Waals surface area contributed by atoms with Gasteiger partial charge in [0.1, 0.15) is 0 Å². The molecule has 0 spiro atoms. The number of alkyl carbamates (subject to hydrolysis) is 1. The SMILES string of the molecule is CCCCNC(=O)O[C@@H](CC)N(C)C(C)C. The van der Waals surface area contributed by atoms with Crippen molar-refractivity contribution in [2.24, 2.45) is 0 Å². The van der Waals surface area contributed by atoms with E-state index in [-0.39, 0.29) is 12.3 Å². The summed E-state index contributed by atoms with van der Waals surface area (Å²) in [6, 6.07) is 0.369. The van der Waals surface area contributed by atoms with Crippen LogP contribution in [0.15, 0.2) is 0 Å². The van der Waals surface area contributed by atoms with Crippen molar-refractivity contribution in [1.29, 1.82) is 0 Å². The van der Waals surface area contributed by atoms with E-state index in [1.807, 2.05) is 14.0 Å². The average molecular weight is 230 g/mol. The minimum atomic E-state index is -0.312. The number of ether oxygens (including phenoxy) is 1. The first-order valence-corrected chi connectivity index (χ1v) is 6.19. The highest BCUT2D eigenvalue weighted by atomic mass is 16.6. The Morgan fingerprint density at radius 3 is 2.44 bits per heavy atom. The van der Waals surface area contributed by atoms with E-state index in [2.05, 4.69) is 31.0 Å². The fourth-order valence-corrected chi connectivity index (χ4v) is 1.32. The Labute approximate surface area is 99.3 Å². The predicted molar refractivity (Wildman–Crippen MR) is 66.4 cm³/mol. The second-order valence-electron chi connectivity index (χ2n) is 4.31. The van der Waals surface area contributed by atoms with Crippen LogP contribution in [0.5, 0.6) is 0 Å². The molecule has 0 saturated heterocycles. The summed E-state index contributed by atoms with van der Waals surface area (Å²) in [6.07, 6.45) is 2.42. The highest BCUT2D eigenvalue weighted by Crippen LogP contribution is 2.07. The lowest BCUT2D eigenvalue weighted by atomic mass is 10.3. The molecule has 4 heteroatoms. The molecule has 0 radical (unpaired) electrons. The van der Waals surface area contributed by atoms with Crippen molar-refractivity contribution in [3.05, 3.63) is 0 Å². The Morgan fingerprint density at radius 1 is 1.38 bits per heavy atom. The summed E-state index contributed by atoms with van der Waals surface area (Å²) in [5.41, 5.74) is 0. The largest absolute Gasteiger partial charge is 0.430 e. The third kappa shape index (κ3) is 5.95. The lowest BCUT2D eigenvalue weighted by Crippen LogP contribution is -2.42. The molecule has 1 atom stereocenters. The number of rotatable bonds is 7. The van der Waals surface area contributed by atoms with Crippen molar-refractivity contribution in [3.8, 4) is 0 Å². The van der Waals surface area contributed by atoms with Crippen molar-refractivity contribution < 1.29 is 9.53 Å². The van der Waals surface area contributed by atoms with E-state index >= 15 is 0 Å². The second kappa shape index (κ2) is 8.39. The highest BCUT2D eigenvalue weighted by Gasteiger charge is 2.19. The van der Waals surface area contributed by atoms with Crippen LogP contribution in [0.4, 0.5) is 4.79 Å². The molecule has 0 aromatic carbocycles. The van der Waals surface area contributed by atoms with Gasteiger partial charge in [-0.25, -0.2) is 4.79 Å². The minimum Gasteiger partial charge on any atom is -0.430 e. The number of carbonyl (C=O) groups is 1. The van der Waals surface area contributed by atoms with Crippen LogP contribution in [0.3, 0.4) is 0 Å². The van der Waals surface area contributed by atoms with Gasteiger partial charge in [-0.2, -0.15) is 0 Å². The van der Waals surface area contributed by atoms with Crippen molar-refractivity contribution >= 4 is 6.09 Å². The van der Waals surface area contributed by atoms with Crippen LogP contribution in [-0.4, -0.2) is 36.9 Å². The molecular formula is C12H26N2O2. The van der Waals surface area contributed by atoms with E-state index in [9.17, 15) is 4.79 Å². The molecular weight excluding hydrogens is 204 g/mol. The molecule has 0 fully saturated rings. The van der Waals surface area contributed by atoms with Crippen LogP contribution < -0.4 is 5.32 Å². The van der Waals surface area contributed by atoms with Gasteiger partial charge >= 0.3 is 6.09 Å². The molecule has 0 unspecified atom stereocenters. The summed E-state index contributed by atoms with van der Waals surface area (Å²) < 4.78 is 5.35. The Hall–Kier alpha value is -0.770. The maximum absolute atomic E-state index is 11.5. The smallest absolute Gasteiger partial charge is 0.408 e. The Bertz CT molecular complexity index is 195. The average Bonchev–Trinajstić information content (AvgIpc) is 2.25. The number of nitrogens with one attached hydrogen (secondary N) is 1. The topological polar surface area (TPSA) is 41.6 Å². The molecule has 0 aromatic heterocycles. The van der Waals surface area contributed by atoms with Gasteiger partial charge in [0, 0.05) is 12.6 Å². The summed E-state index contributed by atoms with van der Waals surface area (Å²) in [4.78, 5) is 13.5. The first-order chi connectivity index (χ1) is 7.52. The number of nitrogens with zero attached hydrogens (tertiary/aromatic N) is 1. The predicted octanol–water partition coefficient (Wildman–Crippen LogP) is 2.59. The normalized spacial score (nSPS) is 12.9. The van der Waals surface area contributed by atoms with Gasteiger partial charge in [-0.3, -0.25) is 4.90 Å². The molecule has 4 nitrogen and oxygen atoms in total. The van der Waals surface area contributed by atoms with Crippen molar-refractivity contribution in [1.82, 2.24) is 10.2 Å². The lowest BCUT2D eigenvalue weighted by molar-refractivity contribution is -0.0163. The molecule has 16 heavy (non-hydrogen) atoms. The third-order valence-corrected chi connectivity index (χ3v) is 2.66. The van der Waals surface area contributed by atoms with E-state index in [1.165, 1.54) is 0 Å². The van der Waals surface area contributed by atoms with Crippen molar-refractivity contribution in [2.45, 2.75) is 59.2 Å². The second-order valence-corrected chi connectivity index (χ2v) is 4.31. The molecule has 0 saturated carbocycles. The molecule has 96 valence electrons. The molecule has 0 aliphatic carbocycles. The highest BCUT2D eigenvalue weighted by molar-refractivity contribution is 5.67. The molecule has 1 amide bonds. The first kappa shape index (κ1) is 15.2. The van der Waals surface area contributed by atoms with E-state index < -0.39 is 0 Å². The van der Waals surface area contributed by atoms with Gasteiger partial charge in [0.25, 0.3) is 0 Å². The first-order valence-electron chi connectivity index (χ1n) is 6.19. The van der Waals surface area contributed by atoms with Crippen LogP contribution in [0.1, 0.15) is 47.0 Å². The number of amides is 1. The molecule has 0 bridgehead atoms. The van der Waals surface area contributed by atoms with E-state index in [0.29, 0.717) is 12.6 Å². The summed E-state index contributed by atoms with van der Waals surface area (Å²) in [7, 11) is 1.97. The minimum absolute atomic E-state index is 0.137. The maximum Gasteiger partial charge on any atom is 0.408 e. The number of hydrogen-bond acceptors (Lipinski definition) is 3. The van der Waals surface area contributed by atoms with E-state index in [1.54, 1.807) is 0 Å². The molecule has 1 N–H and O–H groups in total. The van der Waals surface area contributed by atoms with Gasteiger partial charge in [-0.05, 0) is 33.7 Å². The van der Waals surface area contributed by atoms with Crippen LogP contribution in [0, 0.1) is 0 Å². The third-order valence-electron chi connectivity index (χ3n) is 2.66. The quantitative estimate of drug-likeness (QED) is 0.540. The fraction of sp³-hybridized carbons (Fsp3) is 0.917. The van der Waals surface area contributed by atoms with E-state index in [0.717, 1.165) is 19.3 Å². The fourth-order valence-electron chi connectivity index (χ4n) is 1.32. The molecule has 0 aliphatic heterocycles. The van der Waals surface area contributed by atoms with Crippen LogP contribution in [-0.2, 0) is 4.74 Å². The summed E-state index contributed by atoms with van der Waals surface area (Å²) >= 11 is 0. The zero-order chi connectivity index (χ0) is 12.6. The standard InChI is InChI=1S/C12H26N2O2/c1-6-8-9-13-12(15)16-11(7-2)14(5)10(3)4/h10-11H,6-9H2,1-5H3,(H,13,15)/t11-/m0/s1. The van der Waals surface area contributed by atoms with Gasteiger partial charge in [-0.1, -0.05) is 20.3 Å². The summed E-state index contributed by atoms with van der Waals surface area (Å²) in [5.74, 6) is 0. The van der Waals surface area contributed by atoms with Crippen molar-refractivity contribution in [3.63, 3.8) is 0 Å². The number of carbonyl (C=O) groups excluding carboxylic acids is 1. The van der Waals surface area contributed by atoms with Gasteiger partial charge in [0.15, 0.2) is 6.23 Å².